The maximum absolute atomic E-state index is 12.7. The smallest absolute Gasteiger partial charge is 0.416 e. The average Bonchev–Trinajstić information content (AvgIpc) is 2.92. The van der Waals surface area contributed by atoms with Crippen molar-refractivity contribution < 1.29 is 18.3 Å². The molecule has 2 heterocycles. The van der Waals surface area contributed by atoms with Gasteiger partial charge in [0.25, 0.3) is 5.88 Å². The minimum atomic E-state index is -4.40. The number of benzene rings is 2. The molecule has 2 aliphatic rings. The first-order chi connectivity index (χ1) is 11.4. The first kappa shape index (κ1) is 14.6. The van der Waals surface area contributed by atoms with E-state index < -0.39 is 11.7 Å². The number of para-hydroxylation sites is 1. The quantitative estimate of drug-likeness (QED) is 0.838. The van der Waals surface area contributed by atoms with Gasteiger partial charge in [0.05, 0.1) is 16.9 Å². The van der Waals surface area contributed by atoms with Crippen LogP contribution in [0.15, 0.2) is 65.2 Å². The number of hydrogen-bond acceptors (Lipinski definition) is 5. The zero-order valence-corrected chi connectivity index (χ0v) is 12.1. The molecule has 2 aliphatic heterocycles. The zero-order chi connectivity index (χ0) is 16.9. The maximum Gasteiger partial charge on any atom is 0.416 e. The van der Waals surface area contributed by atoms with Crippen molar-refractivity contribution in [1.29, 1.82) is 0 Å². The Morgan fingerprint density at radius 1 is 0.958 bits per heavy atom. The number of fused-ring (bicyclic) bond motifs is 3. The molecule has 4 rings (SSSR count). The van der Waals surface area contributed by atoms with Crippen LogP contribution in [0.25, 0.3) is 0 Å². The summed E-state index contributed by atoms with van der Waals surface area (Å²) < 4.78 is 38.0. The molecule has 24 heavy (non-hydrogen) atoms. The molecular weight excluding hydrogens is 321 g/mol. The molecule has 0 spiro atoms. The molecular formula is C16H11F3N4O. The van der Waals surface area contributed by atoms with Crippen molar-refractivity contribution in [2.45, 2.75) is 6.18 Å². The number of aliphatic hydroxyl groups is 1. The van der Waals surface area contributed by atoms with Crippen LogP contribution in [0.3, 0.4) is 0 Å². The van der Waals surface area contributed by atoms with Crippen LogP contribution in [-0.2, 0) is 6.18 Å². The van der Waals surface area contributed by atoms with E-state index in [2.05, 4.69) is 10.5 Å². The third-order valence-electron chi connectivity index (χ3n) is 3.78. The number of nitrogens with zero attached hydrogens (tertiary/aromatic N) is 3. The fourth-order valence-corrected chi connectivity index (χ4v) is 2.59. The molecule has 0 saturated carbocycles. The third-order valence-corrected chi connectivity index (χ3v) is 3.78. The van der Waals surface area contributed by atoms with E-state index in [-0.39, 0.29) is 11.7 Å². The number of aliphatic hydroxyl groups excluding tert-OH is 1. The van der Waals surface area contributed by atoms with Crippen LogP contribution >= 0.6 is 0 Å². The highest BCUT2D eigenvalue weighted by Gasteiger charge is 2.35. The minimum Gasteiger partial charge on any atom is -0.491 e. The molecule has 2 aromatic carbocycles. The largest absolute Gasteiger partial charge is 0.491 e. The van der Waals surface area contributed by atoms with Gasteiger partial charge in [-0.15, -0.1) is 5.53 Å². The SMILES string of the molecule is OC1=C2N=Cc3ccccc3N2NN1c1ccc(C(F)(F)F)cc1. The van der Waals surface area contributed by atoms with Crippen LogP contribution in [0.5, 0.6) is 0 Å². The van der Waals surface area contributed by atoms with Crippen LogP contribution in [0.4, 0.5) is 24.5 Å². The summed E-state index contributed by atoms with van der Waals surface area (Å²) in [6, 6.07) is 11.9. The average molecular weight is 332 g/mol. The van der Waals surface area contributed by atoms with Gasteiger partial charge >= 0.3 is 6.18 Å². The van der Waals surface area contributed by atoms with Crippen LogP contribution in [0.1, 0.15) is 11.1 Å². The predicted octanol–water partition coefficient (Wildman–Crippen LogP) is 3.57. The lowest BCUT2D eigenvalue weighted by molar-refractivity contribution is -0.137. The van der Waals surface area contributed by atoms with E-state index in [1.165, 1.54) is 17.1 Å². The number of halogens is 3. The van der Waals surface area contributed by atoms with Crippen molar-refractivity contribution in [3.05, 3.63) is 71.4 Å². The number of rotatable bonds is 1. The Morgan fingerprint density at radius 3 is 2.38 bits per heavy atom. The van der Waals surface area contributed by atoms with Gasteiger partial charge in [-0.05, 0) is 30.3 Å². The number of aliphatic imine (C=N–C) groups is 1. The fourth-order valence-electron chi connectivity index (χ4n) is 2.59. The van der Waals surface area contributed by atoms with Crippen LogP contribution in [0.2, 0.25) is 0 Å². The van der Waals surface area contributed by atoms with Crippen molar-refractivity contribution in [2.75, 3.05) is 10.0 Å². The van der Waals surface area contributed by atoms with Gasteiger partial charge in [-0.2, -0.15) is 13.2 Å². The molecule has 0 bridgehead atoms. The van der Waals surface area contributed by atoms with Crippen molar-refractivity contribution in [3.63, 3.8) is 0 Å². The molecule has 0 aliphatic carbocycles. The lowest BCUT2D eigenvalue weighted by atomic mass is 10.1. The van der Waals surface area contributed by atoms with Crippen molar-refractivity contribution in [1.82, 2.24) is 5.53 Å². The molecule has 0 saturated heterocycles. The molecule has 0 atom stereocenters. The van der Waals surface area contributed by atoms with Crippen molar-refractivity contribution in [2.24, 2.45) is 4.99 Å². The number of alkyl halides is 3. The highest BCUT2D eigenvalue weighted by Crippen LogP contribution is 2.35. The Balaban J connectivity index is 1.69. The summed E-state index contributed by atoms with van der Waals surface area (Å²) >= 11 is 0. The first-order valence-corrected chi connectivity index (χ1v) is 7.05. The molecule has 2 aromatic rings. The first-order valence-electron chi connectivity index (χ1n) is 7.05. The molecule has 0 aromatic heterocycles. The molecule has 0 radical (unpaired) electrons. The molecule has 0 fully saturated rings. The lowest BCUT2D eigenvalue weighted by Crippen LogP contribution is -2.42. The Labute approximate surface area is 134 Å². The summed E-state index contributed by atoms with van der Waals surface area (Å²) in [5, 5.41) is 13.2. The van der Waals surface area contributed by atoms with E-state index in [0.717, 1.165) is 23.4 Å². The van der Waals surface area contributed by atoms with E-state index in [1.807, 2.05) is 24.3 Å². The molecule has 2 N–H and O–H groups in total. The lowest BCUT2D eigenvalue weighted by Gasteiger charge is -2.26. The topological polar surface area (TPSA) is 51.1 Å². The Kier molecular flexibility index (Phi) is 3.04. The van der Waals surface area contributed by atoms with Gasteiger partial charge in [0, 0.05) is 11.8 Å². The van der Waals surface area contributed by atoms with E-state index >= 15 is 0 Å². The summed E-state index contributed by atoms with van der Waals surface area (Å²) in [7, 11) is 0. The number of nitrogens with one attached hydrogen (secondary N) is 1. The number of hydrogen-bond donors (Lipinski definition) is 2. The Bertz CT molecular complexity index is 858. The Hall–Kier alpha value is -3.00. The molecule has 122 valence electrons. The summed E-state index contributed by atoms with van der Waals surface area (Å²) in [5.41, 5.74) is 4.16. The molecule has 5 nitrogen and oxygen atoms in total. The predicted molar refractivity (Wildman–Crippen MR) is 83.2 cm³/mol. The van der Waals surface area contributed by atoms with Crippen molar-refractivity contribution >= 4 is 17.6 Å². The number of anilines is 2. The van der Waals surface area contributed by atoms with Gasteiger partial charge in [-0.1, -0.05) is 18.2 Å². The van der Waals surface area contributed by atoms with Crippen LogP contribution in [-0.4, -0.2) is 11.3 Å². The molecule has 8 heteroatoms. The fraction of sp³-hybridized carbons (Fsp3) is 0.0625. The Morgan fingerprint density at radius 2 is 1.67 bits per heavy atom. The van der Waals surface area contributed by atoms with E-state index in [1.54, 1.807) is 11.2 Å². The van der Waals surface area contributed by atoms with Gasteiger partial charge in [0.1, 0.15) is 0 Å². The number of hydrazine groups is 2. The van der Waals surface area contributed by atoms with Crippen LogP contribution in [0, 0.1) is 0 Å². The van der Waals surface area contributed by atoms with E-state index in [9.17, 15) is 18.3 Å². The van der Waals surface area contributed by atoms with Gasteiger partial charge in [0.2, 0.25) is 5.82 Å². The van der Waals surface area contributed by atoms with Crippen LogP contribution < -0.4 is 15.6 Å². The maximum atomic E-state index is 12.7. The monoisotopic (exact) mass is 332 g/mol. The van der Waals surface area contributed by atoms with Gasteiger partial charge in [-0.3, -0.25) is 0 Å². The highest BCUT2D eigenvalue weighted by molar-refractivity contribution is 5.92. The zero-order valence-electron chi connectivity index (χ0n) is 12.1. The summed E-state index contributed by atoms with van der Waals surface area (Å²) in [6.45, 7) is 0. The van der Waals surface area contributed by atoms with Gasteiger partial charge in [0.15, 0.2) is 0 Å². The van der Waals surface area contributed by atoms with Gasteiger partial charge in [-0.25, -0.2) is 15.0 Å². The molecule has 0 amide bonds. The van der Waals surface area contributed by atoms with E-state index in [4.69, 9.17) is 0 Å². The van der Waals surface area contributed by atoms with Gasteiger partial charge < -0.3 is 5.11 Å². The molecule has 0 unspecified atom stereocenters. The summed E-state index contributed by atoms with van der Waals surface area (Å²) in [6.07, 6.45) is -2.78. The second kappa shape index (κ2) is 5.00. The highest BCUT2D eigenvalue weighted by atomic mass is 19.4. The minimum absolute atomic E-state index is 0.194. The third kappa shape index (κ3) is 2.19. The second-order valence-electron chi connectivity index (χ2n) is 5.28. The second-order valence-corrected chi connectivity index (χ2v) is 5.28. The normalized spacial score (nSPS) is 16.5. The standard InChI is InChI=1S/C16H11F3N4O/c17-16(18,19)11-5-7-12(8-6-11)22-15(24)14-20-9-10-3-1-2-4-13(10)23(14)21-22/h1-9,21,24H. The summed E-state index contributed by atoms with van der Waals surface area (Å²) in [4.78, 5) is 4.19. The van der Waals surface area contributed by atoms with Crippen molar-refractivity contribution in [3.8, 4) is 0 Å². The van der Waals surface area contributed by atoms with E-state index in [0.29, 0.717) is 5.69 Å². The summed E-state index contributed by atoms with van der Waals surface area (Å²) in [5.74, 6) is 0.0779.